The maximum absolute atomic E-state index is 12.3. The van der Waals surface area contributed by atoms with Gasteiger partial charge in [-0.15, -0.1) is 11.8 Å². The summed E-state index contributed by atoms with van der Waals surface area (Å²) in [6, 6.07) is 13.4. The van der Waals surface area contributed by atoms with Crippen LogP contribution in [0.5, 0.6) is 0 Å². The van der Waals surface area contributed by atoms with Crippen molar-refractivity contribution >= 4 is 44.9 Å². The molecule has 0 radical (unpaired) electrons. The van der Waals surface area contributed by atoms with Crippen LogP contribution in [0.4, 0.5) is 17.1 Å². The molecule has 0 saturated carbocycles. The normalized spacial score (nSPS) is 15.0. The maximum atomic E-state index is 12.3. The number of carbonyl (C=O) groups is 1. The van der Waals surface area contributed by atoms with Gasteiger partial charge >= 0.3 is 10.2 Å². The van der Waals surface area contributed by atoms with Crippen LogP contribution in [0.25, 0.3) is 0 Å². The third-order valence-electron chi connectivity index (χ3n) is 4.31. The van der Waals surface area contributed by atoms with Gasteiger partial charge in [0.05, 0.1) is 11.4 Å². The van der Waals surface area contributed by atoms with Gasteiger partial charge in [-0.1, -0.05) is 18.2 Å². The molecule has 0 unspecified atom stereocenters. The van der Waals surface area contributed by atoms with Crippen molar-refractivity contribution in [3.63, 3.8) is 0 Å². The van der Waals surface area contributed by atoms with Gasteiger partial charge in [0.25, 0.3) is 0 Å². The van der Waals surface area contributed by atoms with E-state index in [-0.39, 0.29) is 5.91 Å². The van der Waals surface area contributed by atoms with Crippen LogP contribution in [-0.4, -0.2) is 34.2 Å². The lowest BCUT2D eigenvalue weighted by molar-refractivity contribution is -0.115. The van der Waals surface area contributed by atoms with Crippen molar-refractivity contribution in [3.8, 4) is 0 Å². The first kappa shape index (κ1) is 18.6. The lowest BCUT2D eigenvalue weighted by Gasteiger charge is -2.13. The summed E-state index contributed by atoms with van der Waals surface area (Å²) < 4.78 is 26.9. The molecule has 1 amide bonds. The fourth-order valence-electron chi connectivity index (χ4n) is 2.74. The van der Waals surface area contributed by atoms with Crippen molar-refractivity contribution < 1.29 is 13.2 Å². The highest BCUT2D eigenvalue weighted by molar-refractivity contribution is 7.99. The standard InChI is InChI=1S/C18H21N3O3S2/c1-13-11-16-17(21(3)26(23,24)20(16)2)12-15(13)19-18(22)9-10-25-14-7-5-4-6-8-14/h4-8,11-12H,9-10H2,1-3H3,(H,19,22). The van der Waals surface area contributed by atoms with Crippen LogP contribution in [0.2, 0.25) is 0 Å². The van der Waals surface area contributed by atoms with E-state index in [1.54, 1.807) is 23.9 Å². The third-order valence-corrected chi connectivity index (χ3v) is 7.10. The van der Waals surface area contributed by atoms with Crippen molar-refractivity contribution in [2.24, 2.45) is 0 Å². The molecule has 138 valence electrons. The summed E-state index contributed by atoms with van der Waals surface area (Å²) in [5.41, 5.74) is 2.63. The van der Waals surface area contributed by atoms with Crippen molar-refractivity contribution in [3.05, 3.63) is 48.0 Å². The van der Waals surface area contributed by atoms with Crippen LogP contribution in [0, 0.1) is 6.92 Å². The molecule has 8 heteroatoms. The van der Waals surface area contributed by atoms with Crippen LogP contribution in [0.3, 0.4) is 0 Å². The molecule has 0 aromatic heterocycles. The molecule has 6 nitrogen and oxygen atoms in total. The lowest BCUT2D eigenvalue weighted by atomic mass is 10.1. The van der Waals surface area contributed by atoms with E-state index in [1.807, 2.05) is 37.3 Å². The molecule has 2 aromatic carbocycles. The first-order valence-electron chi connectivity index (χ1n) is 8.16. The molecule has 1 N–H and O–H groups in total. The minimum absolute atomic E-state index is 0.0895. The van der Waals surface area contributed by atoms with E-state index >= 15 is 0 Å². The monoisotopic (exact) mass is 391 g/mol. The SMILES string of the molecule is Cc1cc2c(cc1NC(=O)CCSc1ccccc1)N(C)S(=O)(=O)N2C. The van der Waals surface area contributed by atoms with Gasteiger partial charge in [0.2, 0.25) is 5.91 Å². The van der Waals surface area contributed by atoms with Crippen LogP contribution < -0.4 is 13.9 Å². The molecule has 1 aliphatic heterocycles. The van der Waals surface area contributed by atoms with Gasteiger partial charge in [0.1, 0.15) is 0 Å². The Bertz CT molecular complexity index is 930. The zero-order valence-corrected chi connectivity index (χ0v) is 16.5. The molecule has 0 bridgehead atoms. The van der Waals surface area contributed by atoms with Crippen molar-refractivity contribution in [1.29, 1.82) is 0 Å². The third kappa shape index (κ3) is 3.52. The number of nitrogens with zero attached hydrogens (tertiary/aromatic N) is 2. The van der Waals surface area contributed by atoms with Gasteiger partial charge in [-0.3, -0.25) is 13.4 Å². The molecule has 3 rings (SSSR count). The van der Waals surface area contributed by atoms with Crippen LogP contribution in [0.15, 0.2) is 47.4 Å². The van der Waals surface area contributed by atoms with Gasteiger partial charge in [-0.05, 0) is 36.8 Å². The average molecular weight is 392 g/mol. The number of fused-ring (bicyclic) bond motifs is 1. The second-order valence-corrected chi connectivity index (χ2v) is 9.22. The molecule has 1 aliphatic rings. The maximum Gasteiger partial charge on any atom is 0.326 e. The number of thioether (sulfide) groups is 1. The molecule has 0 atom stereocenters. The highest BCUT2D eigenvalue weighted by Crippen LogP contribution is 2.41. The molecule has 0 fully saturated rings. The minimum Gasteiger partial charge on any atom is -0.326 e. The molecule has 1 heterocycles. The van der Waals surface area contributed by atoms with Crippen molar-refractivity contribution in [1.82, 2.24) is 0 Å². The van der Waals surface area contributed by atoms with Crippen LogP contribution in [-0.2, 0) is 15.0 Å². The van der Waals surface area contributed by atoms with Gasteiger partial charge in [-0.2, -0.15) is 8.42 Å². The second kappa shape index (κ2) is 7.20. The molecule has 2 aromatic rings. The van der Waals surface area contributed by atoms with E-state index in [4.69, 9.17) is 0 Å². The number of nitrogens with one attached hydrogen (secondary N) is 1. The van der Waals surface area contributed by atoms with Gasteiger partial charge in [-0.25, -0.2) is 0 Å². The lowest BCUT2D eigenvalue weighted by Crippen LogP contribution is -2.32. The summed E-state index contributed by atoms with van der Waals surface area (Å²) in [5, 5.41) is 2.90. The zero-order chi connectivity index (χ0) is 18.9. The zero-order valence-electron chi connectivity index (χ0n) is 14.9. The van der Waals surface area contributed by atoms with E-state index < -0.39 is 10.2 Å². The predicted molar refractivity (Wildman–Crippen MR) is 107 cm³/mol. The highest BCUT2D eigenvalue weighted by atomic mass is 32.2. The average Bonchev–Trinajstić information content (AvgIpc) is 2.77. The Morgan fingerprint density at radius 1 is 1.08 bits per heavy atom. The summed E-state index contributed by atoms with van der Waals surface area (Å²) in [7, 11) is -0.486. The summed E-state index contributed by atoms with van der Waals surface area (Å²) in [4.78, 5) is 13.4. The number of hydrogen-bond donors (Lipinski definition) is 1. The predicted octanol–water partition coefficient (Wildman–Crippen LogP) is 3.25. The number of benzene rings is 2. The Kier molecular flexibility index (Phi) is 5.15. The first-order chi connectivity index (χ1) is 12.3. The van der Waals surface area contributed by atoms with Crippen molar-refractivity contribution in [2.75, 3.05) is 33.8 Å². The number of hydrogen-bond acceptors (Lipinski definition) is 4. The Morgan fingerprint density at radius 3 is 2.35 bits per heavy atom. The number of anilines is 3. The number of aryl methyl sites for hydroxylation is 1. The van der Waals surface area contributed by atoms with Gasteiger partial charge in [0, 0.05) is 36.9 Å². The van der Waals surface area contributed by atoms with Crippen LogP contribution in [0.1, 0.15) is 12.0 Å². The Labute approximate surface area is 158 Å². The summed E-state index contributed by atoms with van der Waals surface area (Å²) in [5.74, 6) is 0.588. The summed E-state index contributed by atoms with van der Waals surface area (Å²) in [6.07, 6.45) is 0.379. The molecule has 0 saturated heterocycles. The Morgan fingerprint density at radius 2 is 1.69 bits per heavy atom. The van der Waals surface area contributed by atoms with Crippen molar-refractivity contribution in [2.45, 2.75) is 18.2 Å². The smallest absolute Gasteiger partial charge is 0.326 e. The van der Waals surface area contributed by atoms with E-state index in [9.17, 15) is 13.2 Å². The largest absolute Gasteiger partial charge is 0.326 e. The Hall–Kier alpha value is -2.19. The van der Waals surface area contributed by atoms with E-state index in [2.05, 4.69) is 5.32 Å². The molecule has 0 spiro atoms. The molecule has 0 aliphatic carbocycles. The first-order valence-corrected chi connectivity index (χ1v) is 10.5. The molecular weight excluding hydrogens is 370 g/mol. The fraction of sp³-hybridized carbons (Fsp3) is 0.278. The summed E-state index contributed by atoms with van der Waals surface area (Å²) >= 11 is 1.63. The Balaban J connectivity index is 1.67. The topological polar surface area (TPSA) is 69.7 Å². The number of carbonyl (C=O) groups excluding carboxylic acids is 1. The van der Waals surface area contributed by atoms with E-state index in [1.165, 1.54) is 22.7 Å². The van der Waals surface area contributed by atoms with E-state index in [0.717, 1.165) is 10.5 Å². The second-order valence-electron chi connectivity index (χ2n) is 6.06. The van der Waals surface area contributed by atoms with Crippen LogP contribution >= 0.6 is 11.8 Å². The van der Waals surface area contributed by atoms with Gasteiger partial charge in [0.15, 0.2) is 0 Å². The molecule has 26 heavy (non-hydrogen) atoms. The molecular formula is C18H21N3O3S2. The highest BCUT2D eigenvalue weighted by Gasteiger charge is 2.35. The number of amides is 1. The van der Waals surface area contributed by atoms with Gasteiger partial charge < -0.3 is 5.32 Å². The number of rotatable bonds is 5. The van der Waals surface area contributed by atoms with E-state index in [0.29, 0.717) is 29.2 Å². The summed E-state index contributed by atoms with van der Waals surface area (Å²) in [6.45, 7) is 1.85. The quantitative estimate of drug-likeness (QED) is 0.795. The minimum atomic E-state index is -3.52. The fourth-order valence-corrected chi connectivity index (χ4v) is 4.77.